The summed E-state index contributed by atoms with van der Waals surface area (Å²) < 4.78 is 66.9. The predicted molar refractivity (Wildman–Crippen MR) is 120 cm³/mol. The molecule has 0 bridgehead atoms. The van der Waals surface area contributed by atoms with E-state index in [1.807, 2.05) is 0 Å². The van der Waals surface area contributed by atoms with Gasteiger partial charge in [0.05, 0.1) is 5.56 Å². The van der Waals surface area contributed by atoms with Crippen molar-refractivity contribution in [3.05, 3.63) is 95.1 Å². The van der Waals surface area contributed by atoms with Crippen molar-refractivity contribution in [2.75, 3.05) is 23.3 Å². The van der Waals surface area contributed by atoms with Gasteiger partial charge < -0.3 is 10.2 Å². The number of amides is 3. The topological polar surface area (TPSA) is 52.7 Å². The third-order valence-electron chi connectivity index (χ3n) is 5.54. The van der Waals surface area contributed by atoms with E-state index < -0.39 is 40.9 Å². The van der Waals surface area contributed by atoms with Crippen LogP contribution in [0.2, 0.25) is 0 Å². The van der Waals surface area contributed by atoms with E-state index in [0.29, 0.717) is 30.8 Å². The van der Waals surface area contributed by atoms with Crippen LogP contribution in [0.1, 0.15) is 27.9 Å². The maximum Gasteiger partial charge on any atom is 0.416 e. The first-order valence-corrected chi connectivity index (χ1v) is 10.7. The highest BCUT2D eigenvalue weighted by atomic mass is 19.4. The molecule has 182 valence electrons. The number of alkyl halides is 3. The van der Waals surface area contributed by atoms with E-state index in [1.165, 1.54) is 34.1 Å². The molecule has 1 aliphatic rings. The number of halogens is 5. The van der Waals surface area contributed by atoms with Crippen molar-refractivity contribution in [2.45, 2.75) is 19.1 Å². The zero-order valence-electron chi connectivity index (χ0n) is 18.3. The number of benzene rings is 3. The summed E-state index contributed by atoms with van der Waals surface area (Å²) in [5, 5.41) is 2.43. The lowest BCUT2D eigenvalue weighted by Crippen LogP contribution is -2.49. The maximum absolute atomic E-state index is 13.9. The lowest BCUT2D eigenvalue weighted by molar-refractivity contribution is -0.137. The van der Waals surface area contributed by atoms with E-state index in [9.17, 15) is 31.5 Å². The molecule has 3 amide bonds. The molecule has 0 aliphatic carbocycles. The van der Waals surface area contributed by atoms with Crippen LogP contribution in [0, 0.1) is 11.6 Å². The van der Waals surface area contributed by atoms with Gasteiger partial charge in [0.25, 0.3) is 5.91 Å². The van der Waals surface area contributed by atoms with Crippen molar-refractivity contribution < 1.29 is 31.5 Å². The van der Waals surface area contributed by atoms with E-state index in [1.54, 1.807) is 12.1 Å². The number of anilines is 2. The Balaban J connectivity index is 1.50. The first-order valence-electron chi connectivity index (χ1n) is 10.7. The second-order valence-electron chi connectivity index (χ2n) is 8.01. The molecule has 10 heteroatoms. The molecule has 0 unspecified atom stereocenters. The monoisotopic (exact) mass is 489 g/mol. The normalized spacial score (nSPS) is 14.3. The molecule has 5 nitrogen and oxygen atoms in total. The highest BCUT2D eigenvalue weighted by Crippen LogP contribution is 2.30. The maximum atomic E-state index is 13.9. The molecule has 4 rings (SSSR count). The number of hydrogen-bond acceptors (Lipinski definition) is 2. The minimum absolute atomic E-state index is 0.00222. The SMILES string of the molecule is O=C(Nc1cccc(N2CCCN(Cc3cccc(C(F)(F)F)c3)C2=O)c1)c1c(F)cccc1F. The van der Waals surface area contributed by atoms with Crippen molar-refractivity contribution in [3.8, 4) is 0 Å². The molecule has 0 radical (unpaired) electrons. The van der Waals surface area contributed by atoms with Crippen LogP contribution < -0.4 is 10.2 Å². The van der Waals surface area contributed by atoms with E-state index in [0.717, 1.165) is 30.3 Å². The fourth-order valence-corrected chi connectivity index (χ4v) is 3.89. The quantitative estimate of drug-likeness (QED) is 0.443. The largest absolute Gasteiger partial charge is 0.416 e. The van der Waals surface area contributed by atoms with Crippen LogP contribution in [0.15, 0.2) is 66.7 Å². The van der Waals surface area contributed by atoms with E-state index in [-0.39, 0.29) is 12.2 Å². The molecule has 1 heterocycles. The van der Waals surface area contributed by atoms with Crippen LogP contribution in [0.3, 0.4) is 0 Å². The number of nitrogens with one attached hydrogen (secondary N) is 1. The van der Waals surface area contributed by atoms with E-state index in [4.69, 9.17) is 0 Å². The first-order chi connectivity index (χ1) is 16.6. The van der Waals surface area contributed by atoms with Crippen LogP contribution in [0.25, 0.3) is 0 Å². The molecule has 3 aromatic carbocycles. The van der Waals surface area contributed by atoms with E-state index >= 15 is 0 Å². The summed E-state index contributed by atoms with van der Waals surface area (Å²) in [6.45, 7) is 0.730. The number of hydrogen-bond donors (Lipinski definition) is 1. The minimum Gasteiger partial charge on any atom is -0.322 e. The summed E-state index contributed by atoms with van der Waals surface area (Å²) >= 11 is 0. The second-order valence-corrected chi connectivity index (χ2v) is 8.01. The van der Waals surface area contributed by atoms with Gasteiger partial charge in [-0.3, -0.25) is 9.69 Å². The standard InChI is InChI=1S/C25H20F5N3O2/c26-20-9-3-10-21(27)22(20)23(34)31-18-7-2-8-19(14-18)33-12-4-11-32(24(33)35)15-16-5-1-6-17(13-16)25(28,29)30/h1-3,5-10,13-14H,4,11-12,15H2,(H,31,34). The Bertz CT molecular complexity index is 1240. The first kappa shape index (κ1) is 24.2. The van der Waals surface area contributed by atoms with Gasteiger partial charge in [-0.05, 0) is 54.4 Å². The van der Waals surface area contributed by atoms with Crippen LogP contribution in [0.4, 0.5) is 38.1 Å². The highest BCUT2D eigenvalue weighted by molar-refractivity contribution is 6.05. The summed E-state index contributed by atoms with van der Waals surface area (Å²) in [5.74, 6) is -2.99. The Hall–Kier alpha value is -3.95. The average Bonchev–Trinajstić information content (AvgIpc) is 2.80. The Morgan fingerprint density at radius 2 is 1.60 bits per heavy atom. The molecular formula is C25H20F5N3O2. The predicted octanol–water partition coefficient (Wildman–Crippen LogP) is 6.07. The lowest BCUT2D eigenvalue weighted by atomic mass is 10.1. The Morgan fingerprint density at radius 3 is 2.31 bits per heavy atom. The van der Waals surface area contributed by atoms with Gasteiger partial charge in [0.15, 0.2) is 0 Å². The molecule has 0 spiro atoms. The zero-order chi connectivity index (χ0) is 25.2. The molecule has 3 aromatic rings. The van der Waals surface area contributed by atoms with Gasteiger partial charge >= 0.3 is 12.2 Å². The molecule has 0 atom stereocenters. The Labute approximate surface area is 197 Å². The van der Waals surface area contributed by atoms with Gasteiger partial charge in [-0.25, -0.2) is 13.6 Å². The fraction of sp³-hybridized carbons (Fsp3) is 0.200. The van der Waals surface area contributed by atoms with Crippen LogP contribution in [-0.2, 0) is 12.7 Å². The fourth-order valence-electron chi connectivity index (χ4n) is 3.89. The van der Waals surface area contributed by atoms with Crippen LogP contribution >= 0.6 is 0 Å². The molecule has 0 aromatic heterocycles. The Morgan fingerprint density at radius 1 is 0.914 bits per heavy atom. The molecule has 1 aliphatic heterocycles. The second kappa shape index (κ2) is 9.73. The van der Waals surface area contributed by atoms with Gasteiger partial charge in [0, 0.05) is 31.0 Å². The van der Waals surface area contributed by atoms with Crippen molar-refractivity contribution >= 4 is 23.3 Å². The summed E-state index contributed by atoms with van der Waals surface area (Å²) in [6, 6.07) is 13.7. The smallest absolute Gasteiger partial charge is 0.322 e. The Kier molecular flexibility index (Phi) is 6.72. The van der Waals surface area contributed by atoms with Gasteiger partial charge in [-0.1, -0.05) is 24.3 Å². The van der Waals surface area contributed by atoms with Gasteiger partial charge in [-0.2, -0.15) is 13.2 Å². The molecule has 0 saturated carbocycles. The van der Waals surface area contributed by atoms with Crippen LogP contribution in [-0.4, -0.2) is 29.9 Å². The summed E-state index contributed by atoms with van der Waals surface area (Å²) in [5.41, 5.74) is -0.512. The number of carbonyl (C=O) groups excluding carboxylic acids is 2. The van der Waals surface area contributed by atoms with Crippen molar-refractivity contribution in [1.82, 2.24) is 4.90 Å². The number of carbonyl (C=O) groups is 2. The minimum atomic E-state index is -4.48. The van der Waals surface area contributed by atoms with Crippen molar-refractivity contribution in [3.63, 3.8) is 0 Å². The highest BCUT2D eigenvalue weighted by Gasteiger charge is 2.31. The summed E-state index contributed by atoms with van der Waals surface area (Å²) in [6.07, 6.45) is -3.91. The summed E-state index contributed by atoms with van der Waals surface area (Å²) in [4.78, 5) is 28.4. The average molecular weight is 489 g/mol. The van der Waals surface area contributed by atoms with Gasteiger partial charge in [0.2, 0.25) is 0 Å². The third-order valence-corrected chi connectivity index (χ3v) is 5.54. The molecule has 1 N–H and O–H groups in total. The zero-order valence-corrected chi connectivity index (χ0v) is 18.3. The molecule has 1 saturated heterocycles. The number of rotatable bonds is 5. The third kappa shape index (κ3) is 5.42. The van der Waals surface area contributed by atoms with Gasteiger partial charge in [0.1, 0.15) is 17.2 Å². The lowest BCUT2D eigenvalue weighted by Gasteiger charge is -2.36. The number of nitrogens with zero attached hydrogens (tertiary/aromatic N) is 2. The van der Waals surface area contributed by atoms with Gasteiger partial charge in [-0.15, -0.1) is 0 Å². The van der Waals surface area contributed by atoms with Crippen molar-refractivity contribution in [1.29, 1.82) is 0 Å². The molecule has 35 heavy (non-hydrogen) atoms. The molecular weight excluding hydrogens is 469 g/mol. The van der Waals surface area contributed by atoms with Crippen LogP contribution in [0.5, 0.6) is 0 Å². The van der Waals surface area contributed by atoms with E-state index in [2.05, 4.69) is 5.32 Å². The number of urea groups is 1. The summed E-state index contributed by atoms with van der Waals surface area (Å²) in [7, 11) is 0. The van der Waals surface area contributed by atoms with Crippen molar-refractivity contribution in [2.24, 2.45) is 0 Å². The molecule has 1 fully saturated rings.